The van der Waals surface area contributed by atoms with Crippen LogP contribution in [0.25, 0.3) is 0 Å². The lowest BCUT2D eigenvalue weighted by Crippen LogP contribution is -2.33. The number of hydrogen-bond acceptors (Lipinski definition) is 3. The standard InChI is InChI=1S/C14H16N2O/c1-3-10-4-11-13(12(17)5-10)9(2)6-14(11,7-15)8-16/h10-11H,3-6H2,1-2H3/t10-,11-/m1/s1. The minimum Gasteiger partial charge on any atom is -0.295 e. The fourth-order valence-electron chi connectivity index (χ4n) is 3.29. The Morgan fingerprint density at radius 2 is 2.06 bits per heavy atom. The molecule has 1 fully saturated rings. The quantitative estimate of drug-likeness (QED) is 0.693. The topological polar surface area (TPSA) is 64.7 Å². The maximum absolute atomic E-state index is 12.1. The molecule has 0 unspecified atom stereocenters. The smallest absolute Gasteiger partial charge is 0.159 e. The van der Waals surface area contributed by atoms with E-state index in [1.807, 2.05) is 6.92 Å². The van der Waals surface area contributed by atoms with Gasteiger partial charge >= 0.3 is 0 Å². The number of ketones is 1. The number of fused-ring (bicyclic) bond motifs is 1. The first kappa shape index (κ1) is 11.9. The summed E-state index contributed by atoms with van der Waals surface area (Å²) in [5.41, 5.74) is 0.763. The monoisotopic (exact) mass is 228 g/mol. The Labute approximate surface area is 102 Å². The highest BCUT2D eigenvalue weighted by Crippen LogP contribution is 2.52. The van der Waals surface area contributed by atoms with Crippen molar-refractivity contribution < 1.29 is 4.79 Å². The molecule has 0 bridgehead atoms. The summed E-state index contributed by atoms with van der Waals surface area (Å²) in [5, 5.41) is 18.6. The molecule has 2 aliphatic carbocycles. The average Bonchev–Trinajstić information content (AvgIpc) is 2.63. The van der Waals surface area contributed by atoms with Gasteiger partial charge in [0.25, 0.3) is 0 Å². The number of nitrogens with zero attached hydrogens (tertiary/aromatic N) is 2. The Hall–Kier alpha value is -1.61. The normalized spacial score (nSPS) is 30.7. The van der Waals surface area contributed by atoms with Crippen molar-refractivity contribution in [1.29, 1.82) is 10.5 Å². The summed E-state index contributed by atoms with van der Waals surface area (Å²) in [6.45, 7) is 3.96. The van der Waals surface area contributed by atoms with Gasteiger partial charge in [-0.15, -0.1) is 0 Å². The van der Waals surface area contributed by atoms with Gasteiger partial charge in [-0.1, -0.05) is 18.9 Å². The van der Waals surface area contributed by atoms with Crippen LogP contribution in [0.4, 0.5) is 0 Å². The number of Topliss-reactive ketones (excluding diaryl/α,β-unsaturated/α-hetero) is 1. The fraction of sp³-hybridized carbons (Fsp3) is 0.643. The summed E-state index contributed by atoms with van der Waals surface area (Å²) in [5.74, 6) is 0.352. The SMILES string of the molecule is CC[C@H]1CC(=O)C2=C(C)CC(C#N)(C#N)[C@@H]2C1. The molecule has 1 saturated carbocycles. The molecule has 0 aliphatic heterocycles. The van der Waals surface area contributed by atoms with E-state index in [4.69, 9.17) is 0 Å². The van der Waals surface area contributed by atoms with Gasteiger partial charge in [0.15, 0.2) is 11.2 Å². The molecule has 0 N–H and O–H groups in total. The van der Waals surface area contributed by atoms with E-state index in [-0.39, 0.29) is 11.7 Å². The zero-order valence-electron chi connectivity index (χ0n) is 10.3. The van der Waals surface area contributed by atoms with E-state index in [9.17, 15) is 15.3 Å². The molecule has 0 aromatic rings. The van der Waals surface area contributed by atoms with Gasteiger partial charge in [-0.25, -0.2) is 0 Å². The number of carbonyl (C=O) groups is 1. The molecule has 0 saturated heterocycles. The first-order valence-corrected chi connectivity index (χ1v) is 6.13. The molecular weight excluding hydrogens is 212 g/mol. The molecule has 0 spiro atoms. The Morgan fingerprint density at radius 3 is 2.59 bits per heavy atom. The summed E-state index contributed by atoms with van der Waals surface area (Å²) in [6, 6.07) is 4.33. The molecule has 0 aromatic carbocycles. The Kier molecular flexibility index (Phi) is 2.79. The molecule has 0 aromatic heterocycles. The van der Waals surface area contributed by atoms with Gasteiger partial charge in [0.1, 0.15) is 0 Å². The summed E-state index contributed by atoms with van der Waals surface area (Å²) in [4.78, 5) is 12.1. The van der Waals surface area contributed by atoms with Gasteiger partial charge in [0, 0.05) is 18.8 Å². The van der Waals surface area contributed by atoms with E-state index in [1.165, 1.54) is 0 Å². The predicted octanol–water partition coefficient (Wildman–Crippen LogP) is 2.75. The van der Waals surface area contributed by atoms with Crippen molar-refractivity contribution >= 4 is 5.78 Å². The molecule has 88 valence electrons. The zero-order chi connectivity index (χ0) is 12.6. The van der Waals surface area contributed by atoms with Crippen LogP contribution >= 0.6 is 0 Å². The largest absolute Gasteiger partial charge is 0.295 e. The van der Waals surface area contributed by atoms with Crippen molar-refractivity contribution in [1.82, 2.24) is 0 Å². The first-order chi connectivity index (χ1) is 8.07. The minimum atomic E-state index is -0.983. The molecule has 0 amide bonds. The second-order valence-electron chi connectivity index (χ2n) is 5.26. The van der Waals surface area contributed by atoms with E-state index >= 15 is 0 Å². The number of nitriles is 2. The average molecular weight is 228 g/mol. The third-order valence-corrected chi connectivity index (χ3v) is 4.27. The van der Waals surface area contributed by atoms with Crippen molar-refractivity contribution in [2.75, 3.05) is 0 Å². The van der Waals surface area contributed by atoms with Gasteiger partial charge in [-0.3, -0.25) is 4.79 Å². The minimum absolute atomic E-state index is 0.149. The van der Waals surface area contributed by atoms with Crippen molar-refractivity contribution in [2.45, 2.75) is 39.5 Å². The first-order valence-electron chi connectivity index (χ1n) is 6.13. The van der Waals surface area contributed by atoms with Crippen LogP contribution < -0.4 is 0 Å². The van der Waals surface area contributed by atoms with Crippen LogP contribution in [0.2, 0.25) is 0 Å². The van der Waals surface area contributed by atoms with Crippen LogP contribution in [0.1, 0.15) is 39.5 Å². The predicted molar refractivity (Wildman–Crippen MR) is 62.5 cm³/mol. The molecule has 2 rings (SSSR count). The highest BCUT2D eigenvalue weighted by atomic mass is 16.1. The third kappa shape index (κ3) is 1.58. The van der Waals surface area contributed by atoms with E-state index in [0.717, 1.165) is 24.0 Å². The van der Waals surface area contributed by atoms with E-state index in [2.05, 4.69) is 19.1 Å². The van der Waals surface area contributed by atoms with Crippen LogP contribution in [0.5, 0.6) is 0 Å². The lowest BCUT2D eigenvalue weighted by molar-refractivity contribution is -0.118. The van der Waals surface area contributed by atoms with Crippen LogP contribution in [-0.4, -0.2) is 5.78 Å². The number of hydrogen-bond donors (Lipinski definition) is 0. The second kappa shape index (κ2) is 4.00. The molecule has 3 heteroatoms. The van der Waals surface area contributed by atoms with Gasteiger partial charge in [0.05, 0.1) is 12.1 Å². The van der Waals surface area contributed by atoms with E-state index in [0.29, 0.717) is 18.8 Å². The van der Waals surface area contributed by atoms with Gasteiger partial charge in [0.2, 0.25) is 0 Å². The number of rotatable bonds is 1. The van der Waals surface area contributed by atoms with E-state index in [1.54, 1.807) is 0 Å². The molecule has 0 heterocycles. The van der Waals surface area contributed by atoms with Crippen molar-refractivity contribution in [3.8, 4) is 12.1 Å². The second-order valence-corrected chi connectivity index (χ2v) is 5.26. The van der Waals surface area contributed by atoms with Crippen molar-refractivity contribution in [2.24, 2.45) is 17.3 Å². The van der Waals surface area contributed by atoms with Crippen LogP contribution in [0.3, 0.4) is 0 Å². The van der Waals surface area contributed by atoms with Crippen LogP contribution in [0.15, 0.2) is 11.1 Å². The Balaban J connectivity index is 2.44. The fourth-order valence-corrected chi connectivity index (χ4v) is 3.29. The summed E-state index contributed by atoms with van der Waals surface area (Å²) >= 11 is 0. The molecular formula is C14H16N2O. The van der Waals surface area contributed by atoms with Gasteiger partial charge in [-0.05, 0) is 24.8 Å². The Morgan fingerprint density at radius 1 is 1.41 bits per heavy atom. The maximum atomic E-state index is 12.1. The lowest BCUT2D eigenvalue weighted by atomic mass is 9.67. The molecule has 17 heavy (non-hydrogen) atoms. The molecule has 0 radical (unpaired) electrons. The summed E-state index contributed by atoms with van der Waals surface area (Å²) in [6.07, 6.45) is 2.80. The van der Waals surface area contributed by atoms with Gasteiger partial charge < -0.3 is 0 Å². The van der Waals surface area contributed by atoms with Crippen molar-refractivity contribution in [3.05, 3.63) is 11.1 Å². The Bertz CT molecular complexity index is 461. The molecule has 2 atom stereocenters. The van der Waals surface area contributed by atoms with Gasteiger partial charge in [-0.2, -0.15) is 10.5 Å². The van der Waals surface area contributed by atoms with Crippen LogP contribution in [-0.2, 0) is 4.79 Å². The molecule has 2 aliphatic rings. The summed E-state index contributed by atoms with van der Waals surface area (Å²) in [7, 11) is 0. The highest BCUT2D eigenvalue weighted by Gasteiger charge is 2.51. The number of carbonyl (C=O) groups excluding carboxylic acids is 1. The lowest BCUT2D eigenvalue weighted by Gasteiger charge is -2.32. The van der Waals surface area contributed by atoms with E-state index < -0.39 is 5.41 Å². The maximum Gasteiger partial charge on any atom is 0.159 e. The van der Waals surface area contributed by atoms with Crippen molar-refractivity contribution in [3.63, 3.8) is 0 Å². The third-order valence-electron chi connectivity index (χ3n) is 4.27. The highest BCUT2D eigenvalue weighted by molar-refractivity contribution is 5.98. The van der Waals surface area contributed by atoms with Crippen LogP contribution in [0, 0.1) is 39.9 Å². The zero-order valence-corrected chi connectivity index (χ0v) is 10.3. The number of allylic oxidation sites excluding steroid dienone is 2. The molecule has 3 nitrogen and oxygen atoms in total. The summed E-state index contributed by atoms with van der Waals surface area (Å²) < 4.78 is 0.